The molecule has 3 rings (SSSR count). The van der Waals surface area contributed by atoms with Crippen LogP contribution >= 0.6 is 11.9 Å². The van der Waals surface area contributed by atoms with Crippen LogP contribution in [-0.4, -0.2) is 29.1 Å². The summed E-state index contributed by atoms with van der Waals surface area (Å²) >= 11 is 1.66. The van der Waals surface area contributed by atoms with Crippen LogP contribution in [0.1, 0.15) is 6.42 Å². The van der Waals surface area contributed by atoms with Crippen molar-refractivity contribution in [3.8, 4) is 0 Å². The van der Waals surface area contributed by atoms with E-state index in [4.69, 9.17) is 4.99 Å². The van der Waals surface area contributed by atoms with Gasteiger partial charge in [-0.3, -0.25) is 9.98 Å². The lowest BCUT2D eigenvalue weighted by molar-refractivity contribution is 0.509. The lowest BCUT2D eigenvalue weighted by Crippen LogP contribution is -2.42. The van der Waals surface area contributed by atoms with Gasteiger partial charge in [-0.1, -0.05) is 18.2 Å². The molecule has 0 aromatic heterocycles. The third-order valence-corrected chi connectivity index (χ3v) is 4.18. The fourth-order valence-corrected chi connectivity index (χ4v) is 3.14. The van der Waals surface area contributed by atoms with Crippen molar-refractivity contribution in [1.29, 1.82) is 0 Å². The molecule has 2 heterocycles. The van der Waals surface area contributed by atoms with Crippen molar-refractivity contribution in [2.24, 2.45) is 9.98 Å². The highest BCUT2D eigenvalue weighted by atomic mass is 32.2. The second-order valence-corrected chi connectivity index (χ2v) is 5.20. The number of allylic oxidation sites excluding steroid dienone is 2. The van der Waals surface area contributed by atoms with Crippen molar-refractivity contribution >= 4 is 24.5 Å². The van der Waals surface area contributed by atoms with E-state index >= 15 is 0 Å². The Kier molecular flexibility index (Phi) is 2.93. The first-order chi connectivity index (χ1) is 8.85. The second-order valence-electron chi connectivity index (χ2n) is 4.18. The number of hydrogen-bond acceptors (Lipinski definition) is 5. The molecule has 92 valence electrons. The number of nitrogens with one attached hydrogen (secondary N) is 1. The van der Waals surface area contributed by atoms with Gasteiger partial charge in [0.15, 0.2) is 0 Å². The van der Waals surface area contributed by atoms with Crippen molar-refractivity contribution < 1.29 is 0 Å². The van der Waals surface area contributed by atoms with Crippen LogP contribution < -0.4 is 5.43 Å². The summed E-state index contributed by atoms with van der Waals surface area (Å²) in [5.41, 5.74) is 4.13. The monoisotopic (exact) mass is 258 g/mol. The molecule has 1 N–H and O–H groups in total. The molecular weight excluding hydrogens is 244 g/mol. The van der Waals surface area contributed by atoms with Gasteiger partial charge < -0.3 is 0 Å². The van der Waals surface area contributed by atoms with Gasteiger partial charge in [0.2, 0.25) is 0 Å². The molecule has 1 aliphatic carbocycles. The molecule has 1 atom stereocenters. The van der Waals surface area contributed by atoms with Crippen molar-refractivity contribution in [2.75, 3.05) is 6.54 Å². The maximum absolute atomic E-state index is 4.74. The van der Waals surface area contributed by atoms with Crippen LogP contribution in [-0.2, 0) is 0 Å². The van der Waals surface area contributed by atoms with Crippen LogP contribution in [0.4, 0.5) is 0 Å². The molecule has 3 aliphatic rings. The SMILES string of the molecule is C=CCNN1C=NC23CC=NC=C2C=CC=C3S1. The van der Waals surface area contributed by atoms with E-state index in [1.54, 1.807) is 11.9 Å². The Balaban J connectivity index is 1.91. The summed E-state index contributed by atoms with van der Waals surface area (Å²) in [6.45, 7) is 4.42. The van der Waals surface area contributed by atoms with E-state index in [0.29, 0.717) is 0 Å². The first-order valence-corrected chi connectivity index (χ1v) is 6.60. The minimum atomic E-state index is -0.243. The van der Waals surface area contributed by atoms with Gasteiger partial charge in [0.05, 0.1) is 0 Å². The van der Waals surface area contributed by atoms with Crippen LogP contribution in [0.25, 0.3) is 0 Å². The van der Waals surface area contributed by atoms with Crippen molar-refractivity contribution in [3.63, 3.8) is 0 Å². The Bertz CT molecular complexity index is 515. The van der Waals surface area contributed by atoms with Crippen LogP contribution in [0.15, 0.2) is 57.5 Å². The molecule has 4 nitrogen and oxygen atoms in total. The van der Waals surface area contributed by atoms with Crippen LogP contribution in [0.2, 0.25) is 0 Å². The Morgan fingerprint density at radius 2 is 2.56 bits per heavy atom. The number of nitrogens with zero attached hydrogens (tertiary/aromatic N) is 3. The highest BCUT2D eigenvalue weighted by molar-refractivity contribution is 8.01. The molecule has 0 saturated carbocycles. The van der Waals surface area contributed by atoms with Crippen molar-refractivity contribution in [2.45, 2.75) is 12.0 Å². The topological polar surface area (TPSA) is 40.0 Å². The molecule has 2 aliphatic heterocycles. The summed E-state index contributed by atoms with van der Waals surface area (Å²) in [5.74, 6) is 0. The molecule has 0 saturated heterocycles. The second kappa shape index (κ2) is 4.59. The molecule has 0 aromatic carbocycles. The Morgan fingerprint density at radius 3 is 3.44 bits per heavy atom. The fraction of sp³-hybridized carbons (Fsp3) is 0.231. The van der Waals surface area contributed by atoms with Gasteiger partial charge in [-0.25, -0.2) is 9.84 Å². The van der Waals surface area contributed by atoms with E-state index in [1.165, 1.54) is 4.91 Å². The van der Waals surface area contributed by atoms with Gasteiger partial charge in [-0.15, -0.1) is 6.58 Å². The predicted octanol–water partition coefficient (Wildman–Crippen LogP) is 2.22. The summed E-state index contributed by atoms with van der Waals surface area (Å²) in [5, 5.41) is 0. The Labute approximate surface area is 111 Å². The lowest BCUT2D eigenvalue weighted by Gasteiger charge is -2.40. The number of aliphatic imine (C=N–C) groups is 2. The third-order valence-electron chi connectivity index (χ3n) is 3.09. The molecule has 0 amide bonds. The zero-order valence-corrected chi connectivity index (χ0v) is 10.7. The summed E-state index contributed by atoms with van der Waals surface area (Å²) < 4.78 is 1.92. The van der Waals surface area contributed by atoms with Gasteiger partial charge >= 0.3 is 0 Å². The number of hydrazine groups is 1. The molecule has 0 bridgehead atoms. The summed E-state index contributed by atoms with van der Waals surface area (Å²) in [7, 11) is 0. The van der Waals surface area contributed by atoms with E-state index in [2.05, 4.69) is 35.2 Å². The summed E-state index contributed by atoms with van der Waals surface area (Å²) in [6, 6.07) is 0. The molecule has 1 spiro atoms. The molecule has 0 aromatic rings. The van der Waals surface area contributed by atoms with E-state index in [-0.39, 0.29) is 5.54 Å². The summed E-state index contributed by atoms with van der Waals surface area (Å²) in [6.07, 6.45) is 14.6. The average molecular weight is 258 g/mol. The lowest BCUT2D eigenvalue weighted by atomic mass is 9.83. The first-order valence-electron chi connectivity index (χ1n) is 5.83. The van der Waals surface area contributed by atoms with Crippen LogP contribution in [0.5, 0.6) is 0 Å². The fourth-order valence-electron chi connectivity index (χ4n) is 2.15. The minimum absolute atomic E-state index is 0.243. The molecule has 5 heteroatoms. The van der Waals surface area contributed by atoms with Crippen LogP contribution in [0.3, 0.4) is 0 Å². The molecule has 1 unspecified atom stereocenters. The van der Waals surface area contributed by atoms with Gasteiger partial charge in [-0.2, -0.15) is 0 Å². The minimum Gasteiger partial charge on any atom is -0.269 e. The van der Waals surface area contributed by atoms with E-state index < -0.39 is 0 Å². The van der Waals surface area contributed by atoms with Gasteiger partial charge in [0, 0.05) is 47.8 Å². The Hall–Kier alpha value is -1.59. The molecular formula is C13H14N4S. The highest BCUT2D eigenvalue weighted by Gasteiger charge is 2.42. The zero-order valence-electron chi connectivity index (χ0n) is 9.91. The van der Waals surface area contributed by atoms with Crippen LogP contribution in [0, 0.1) is 0 Å². The number of rotatable bonds is 3. The van der Waals surface area contributed by atoms with Gasteiger partial charge in [0.25, 0.3) is 0 Å². The standard InChI is InChI=1S/C13H14N4S/c1-2-7-16-17-10-15-13-6-8-14-9-11(13)4-3-5-12(13)18-17/h2-5,8-10,16H,1,6-7H2. The van der Waals surface area contributed by atoms with Gasteiger partial charge in [-0.05, 0) is 6.08 Å². The van der Waals surface area contributed by atoms with E-state index in [1.807, 2.05) is 29.2 Å². The van der Waals surface area contributed by atoms with Crippen molar-refractivity contribution in [3.05, 3.63) is 47.6 Å². The maximum atomic E-state index is 4.74. The highest BCUT2D eigenvalue weighted by Crippen LogP contribution is 2.46. The predicted molar refractivity (Wildman–Crippen MR) is 77.3 cm³/mol. The molecule has 0 fully saturated rings. The van der Waals surface area contributed by atoms with Crippen molar-refractivity contribution in [1.82, 2.24) is 9.84 Å². The Morgan fingerprint density at radius 1 is 1.61 bits per heavy atom. The van der Waals surface area contributed by atoms with E-state index in [0.717, 1.165) is 18.5 Å². The third kappa shape index (κ3) is 1.76. The summed E-state index contributed by atoms with van der Waals surface area (Å²) in [4.78, 5) is 10.2. The average Bonchev–Trinajstić information content (AvgIpc) is 2.43. The normalized spacial score (nSPS) is 28.3. The zero-order chi connectivity index (χ0) is 12.4. The quantitative estimate of drug-likeness (QED) is 0.623. The first kappa shape index (κ1) is 11.5. The van der Waals surface area contributed by atoms with Gasteiger partial charge in [0.1, 0.15) is 11.9 Å². The molecule has 0 radical (unpaired) electrons. The largest absolute Gasteiger partial charge is 0.269 e. The smallest absolute Gasteiger partial charge is 0.126 e. The maximum Gasteiger partial charge on any atom is 0.126 e. The number of hydrogen-bond donors (Lipinski definition) is 1. The van der Waals surface area contributed by atoms with E-state index in [9.17, 15) is 0 Å². The molecule has 18 heavy (non-hydrogen) atoms.